The molecule has 0 spiro atoms. The van der Waals surface area contributed by atoms with Crippen molar-refractivity contribution >= 4 is 15.9 Å². The molecule has 0 saturated heterocycles. The maximum absolute atomic E-state index is 13.4. The van der Waals surface area contributed by atoms with Crippen LogP contribution in [-0.4, -0.2) is 37.8 Å². The lowest BCUT2D eigenvalue weighted by Gasteiger charge is -2.24. The molecule has 0 radical (unpaired) electrons. The number of sulfonamides is 1. The minimum atomic E-state index is -3.79. The first kappa shape index (κ1) is 22.1. The van der Waals surface area contributed by atoms with Crippen LogP contribution in [0.15, 0.2) is 53.4 Å². The molecule has 2 aromatic carbocycles. The molecule has 0 aliphatic carbocycles. The van der Waals surface area contributed by atoms with Gasteiger partial charge in [-0.15, -0.1) is 0 Å². The predicted molar refractivity (Wildman–Crippen MR) is 113 cm³/mol. The van der Waals surface area contributed by atoms with Gasteiger partial charge in [0.15, 0.2) is 0 Å². The van der Waals surface area contributed by atoms with Crippen LogP contribution in [0.1, 0.15) is 37.0 Å². The van der Waals surface area contributed by atoms with Gasteiger partial charge in [-0.05, 0) is 56.4 Å². The summed E-state index contributed by atoms with van der Waals surface area (Å²) in [5, 5.41) is 2.86. The first-order chi connectivity index (χ1) is 13.2. The number of rotatable bonds is 9. The van der Waals surface area contributed by atoms with Gasteiger partial charge in [0.1, 0.15) is 0 Å². The number of hydrogen-bond donors (Lipinski definition) is 1. The molecule has 6 heteroatoms. The van der Waals surface area contributed by atoms with Gasteiger partial charge in [0.2, 0.25) is 15.9 Å². The second-order valence-corrected chi connectivity index (χ2v) is 9.13. The van der Waals surface area contributed by atoms with Crippen molar-refractivity contribution in [1.29, 1.82) is 0 Å². The number of nitrogens with zero attached hydrogens (tertiary/aromatic N) is 1. The van der Waals surface area contributed by atoms with Gasteiger partial charge in [0, 0.05) is 12.6 Å². The minimum absolute atomic E-state index is 0.00637. The number of carbonyl (C=O) groups is 1. The first-order valence-electron chi connectivity index (χ1n) is 9.64. The Labute approximate surface area is 168 Å². The minimum Gasteiger partial charge on any atom is -0.353 e. The average molecular weight is 403 g/mol. The van der Waals surface area contributed by atoms with Gasteiger partial charge in [-0.1, -0.05) is 49.4 Å². The molecule has 1 atom stereocenters. The Morgan fingerprint density at radius 3 is 2.43 bits per heavy atom. The van der Waals surface area contributed by atoms with E-state index in [1.165, 1.54) is 4.31 Å². The van der Waals surface area contributed by atoms with Crippen LogP contribution in [0, 0.1) is 13.8 Å². The van der Waals surface area contributed by atoms with Crippen LogP contribution in [0.2, 0.25) is 0 Å². The van der Waals surface area contributed by atoms with E-state index in [1.807, 2.05) is 57.2 Å². The van der Waals surface area contributed by atoms with E-state index in [2.05, 4.69) is 5.32 Å². The Morgan fingerprint density at radius 2 is 1.79 bits per heavy atom. The summed E-state index contributed by atoms with van der Waals surface area (Å²) in [5.41, 5.74) is 2.58. The van der Waals surface area contributed by atoms with E-state index in [9.17, 15) is 13.2 Å². The van der Waals surface area contributed by atoms with Crippen LogP contribution < -0.4 is 5.32 Å². The average Bonchev–Trinajstić information content (AvgIpc) is 2.67. The summed E-state index contributed by atoms with van der Waals surface area (Å²) in [7, 11) is -3.79. The Kier molecular flexibility index (Phi) is 7.78. The van der Waals surface area contributed by atoms with E-state index in [-0.39, 0.29) is 29.9 Å². The molecule has 28 heavy (non-hydrogen) atoms. The third-order valence-electron chi connectivity index (χ3n) is 4.79. The van der Waals surface area contributed by atoms with E-state index < -0.39 is 10.0 Å². The molecule has 2 aromatic rings. The molecule has 0 saturated carbocycles. The van der Waals surface area contributed by atoms with Crippen LogP contribution in [0.5, 0.6) is 0 Å². The van der Waals surface area contributed by atoms with Crippen molar-refractivity contribution in [3.8, 4) is 0 Å². The first-order valence-corrected chi connectivity index (χ1v) is 11.1. The molecular weight excluding hydrogens is 372 g/mol. The number of carbonyl (C=O) groups excluding carboxylic acids is 1. The zero-order chi connectivity index (χ0) is 20.7. The highest BCUT2D eigenvalue weighted by atomic mass is 32.2. The van der Waals surface area contributed by atoms with Gasteiger partial charge < -0.3 is 5.32 Å². The number of aryl methyl sites for hydroxylation is 2. The van der Waals surface area contributed by atoms with E-state index in [0.29, 0.717) is 12.0 Å². The Balaban J connectivity index is 2.30. The highest BCUT2D eigenvalue weighted by molar-refractivity contribution is 7.89. The molecule has 5 nitrogen and oxygen atoms in total. The van der Waals surface area contributed by atoms with Crippen LogP contribution >= 0.6 is 0 Å². The zero-order valence-corrected chi connectivity index (χ0v) is 17.9. The number of benzene rings is 2. The summed E-state index contributed by atoms with van der Waals surface area (Å²) in [5.74, 6) is -0.281. The van der Waals surface area contributed by atoms with Crippen molar-refractivity contribution in [3.63, 3.8) is 0 Å². The molecule has 0 fully saturated rings. The summed E-state index contributed by atoms with van der Waals surface area (Å²) in [6.07, 6.45) is 1.33. The number of hydrogen-bond acceptors (Lipinski definition) is 3. The van der Waals surface area contributed by atoms with Crippen molar-refractivity contribution in [2.75, 3.05) is 13.1 Å². The highest BCUT2D eigenvalue weighted by Crippen LogP contribution is 2.21. The molecular formula is C22H30N2O3S. The summed E-state index contributed by atoms with van der Waals surface area (Å²) in [4.78, 5) is 12.7. The van der Waals surface area contributed by atoms with Crippen LogP contribution in [0.4, 0.5) is 0 Å². The van der Waals surface area contributed by atoms with Gasteiger partial charge in [0.25, 0.3) is 0 Å². The van der Waals surface area contributed by atoms with Gasteiger partial charge >= 0.3 is 0 Å². The molecule has 0 bridgehead atoms. The topological polar surface area (TPSA) is 66.5 Å². The van der Waals surface area contributed by atoms with Gasteiger partial charge in [0.05, 0.1) is 11.4 Å². The lowest BCUT2D eigenvalue weighted by atomic mass is 10.1. The normalized spacial score (nSPS) is 12.8. The maximum atomic E-state index is 13.4. The summed E-state index contributed by atoms with van der Waals surface area (Å²) in [6.45, 7) is 7.58. The lowest BCUT2D eigenvalue weighted by molar-refractivity contribution is -0.121. The van der Waals surface area contributed by atoms with Gasteiger partial charge in [-0.25, -0.2) is 8.42 Å². The summed E-state index contributed by atoms with van der Waals surface area (Å²) >= 11 is 0. The molecule has 152 valence electrons. The lowest BCUT2D eigenvalue weighted by Crippen LogP contribution is -2.44. The Morgan fingerprint density at radius 1 is 1.11 bits per heavy atom. The molecule has 0 heterocycles. The van der Waals surface area contributed by atoms with Crippen LogP contribution in [0.25, 0.3) is 0 Å². The van der Waals surface area contributed by atoms with E-state index in [4.69, 9.17) is 0 Å². The quantitative estimate of drug-likeness (QED) is 0.699. The largest absolute Gasteiger partial charge is 0.353 e. The SMILES string of the molecule is CCC(C)NC(=O)CN(CCc1ccccc1)S(=O)(=O)c1cc(C)ccc1C. The fourth-order valence-electron chi connectivity index (χ4n) is 2.89. The third kappa shape index (κ3) is 5.91. The number of nitrogens with one attached hydrogen (secondary N) is 1. The fraction of sp³-hybridized carbons (Fsp3) is 0.409. The van der Waals surface area contributed by atoms with E-state index >= 15 is 0 Å². The van der Waals surface area contributed by atoms with Crippen molar-refractivity contribution < 1.29 is 13.2 Å². The molecule has 1 amide bonds. The molecule has 1 N–H and O–H groups in total. The molecule has 0 aliphatic heterocycles. The summed E-state index contributed by atoms with van der Waals surface area (Å²) < 4.78 is 28.0. The highest BCUT2D eigenvalue weighted by Gasteiger charge is 2.28. The fourth-order valence-corrected chi connectivity index (χ4v) is 4.60. The van der Waals surface area contributed by atoms with Crippen molar-refractivity contribution in [3.05, 3.63) is 65.2 Å². The van der Waals surface area contributed by atoms with Crippen molar-refractivity contribution in [2.24, 2.45) is 0 Å². The second kappa shape index (κ2) is 9.85. The predicted octanol–water partition coefficient (Wildman–Crippen LogP) is 3.45. The van der Waals surface area contributed by atoms with Crippen molar-refractivity contribution in [1.82, 2.24) is 9.62 Å². The van der Waals surface area contributed by atoms with Gasteiger partial charge in [-0.2, -0.15) is 4.31 Å². The smallest absolute Gasteiger partial charge is 0.243 e. The molecule has 1 unspecified atom stereocenters. The molecule has 0 aromatic heterocycles. The van der Waals surface area contributed by atoms with Crippen molar-refractivity contribution in [2.45, 2.75) is 51.5 Å². The maximum Gasteiger partial charge on any atom is 0.243 e. The third-order valence-corrected chi connectivity index (χ3v) is 6.78. The molecule has 2 rings (SSSR count). The standard InChI is InChI=1S/C22H30N2O3S/c1-5-19(4)23-22(25)16-24(14-13-20-9-7-6-8-10-20)28(26,27)21-15-17(2)11-12-18(21)3/h6-12,15,19H,5,13-14,16H2,1-4H3,(H,23,25). The second-order valence-electron chi connectivity index (χ2n) is 7.22. The van der Waals surface area contributed by atoms with Crippen LogP contribution in [-0.2, 0) is 21.2 Å². The Bertz CT molecular complexity index is 895. The van der Waals surface area contributed by atoms with Gasteiger partial charge in [-0.3, -0.25) is 4.79 Å². The monoisotopic (exact) mass is 402 g/mol. The van der Waals surface area contributed by atoms with E-state index in [0.717, 1.165) is 17.5 Å². The Hall–Kier alpha value is -2.18. The number of amides is 1. The van der Waals surface area contributed by atoms with Crippen LogP contribution in [0.3, 0.4) is 0 Å². The zero-order valence-electron chi connectivity index (χ0n) is 17.1. The molecule has 0 aliphatic rings. The van der Waals surface area contributed by atoms with E-state index in [1.54, 1.807) is 19.1 Å². The summed E-state index contributed by atoms with van der Waals surface area (Å²) in [6, 6.07) is 15.1.